The number of likely N-dealkylation sites (tertiary alicyclic amines) is 1. The topological polar surface area (TPSA) is 45.7 Å². The van der Waals surface area contributed by atoms with Crippen LogP contribution in [0.3, 0.4) is 0 Å². The van der Waals surface area contributed by atoms with Gasteiger partial charge < -0.3 is 14.5 Å². The summed E-state index contributed by atoms with van der Waals surface area (Å²) in [5.41, 5.74) is 1.76. The van der Waals surface area contributed by atoms with Gasteiger partial charge in [-0.05, 0) is 51.9 Å². The van der Waals surface area contributed by atoms with Crippen LogP contribution in [0.25, 0.3) is 10.6 Å². The smallest absolute Gasteiger partial charge is 0.265 e. The van der Waals surface area contributed by atoms with Crippen LogP contribution in [0.1, 0.15) is 49.0 Å². The summed E-state index contributed by atoms with van der Waals surface area (Å²) in [6.45, 7) is 12.7. The highest BCUT2D eigenvalue weighted by molar-refractivity contribution is 7.17. The minimum atomic E-state index is 0.119. The fourth-order valence-corrected chi connectivity index (χ4v) is 5.02. The van der Waals surface area contributed by atoms with Gasteiger partial charge in [0, 0.05) is 19.1 Å². The lowest BCUT2D eigenvalue weighted by Gasteiger charge is -2.37. The third kappa shape index (κ3) is 4.39. The van der Waals surface area contributed by atoms with E-state index in [0.29, 0.717) is 12.6 Å². The predicted molar refractivity (Wildman–Crippen MR) is 115 cm³/mol. The number of benzene rings is 1. The first-order valence-corrected chi connectivity index (χ1v) is 11.1. The van der Waals surface area contributed by atoms with Gasteiger partial charge >= 0.3 is 0 Å². The van der Waals surface area contributed by atoms with E-state index in [1.54, 1.807) is 0 Å². The number of carbonyl (C=O) groups excluding carboxylic acids is 1. The zero-order chi connectivity index (χ0) is 20.1. The molecule has 1 saturated heterocycles. The SMILES string of the molecule is CCOc1ccccc1-c1nc(C)c(C(=O)N2CCC(N(CC)CC)CC2)s1. The highest BCUT2D eigenvalue weighted by Crippen LogP contribution is 2.35. The van der Waals surface area contributed by atoms with Crippen LogP contribution in [-0.4, -0.2) is 59.5 Å². The van der Waals surface area contributed by atoms with E-state index in [1.807, 2.05) is 43.0 Å². The van der Waals surface area contributed by atoms with Gasteiger partial charge in [-0.25, -0.2) is 4.98 Å². The molecule has 1 aromatic carbocycles. The first-order chi connectivity index (χ1) is 13.6. The molecule has 2 aromatic rings. The Morgan fingerprint density at radius 3 is 2.54 bits per heavy atom. The molecule has 152 valence electrons. The maximum Gasteiger partial charge on any atom is 0.265 e. The number of carbonyl (C=O) groups is 1. The van der Waals surface area contributed by atoms with Crippen LogP contribution in [0.5, 0.6) is 5.75 Å². The zero-order valence-electron chi connectivity index (χ0n) is 17.4. The highest BCUT2D eigenvalue weighted by Gasteiger charge is 2.28. The van der Waals surface area contributed by atoms with E-state index in [1.165, 1.54) is 11.3 Å². The maximum absolute atomic E-state index is 13.1. The Labute approximate surface area is 172 Å². The summed E-state index contributed by atoms with van der Waals surface area (Å²) in [6, 6.07) is 8.49. The molecule has 3 rings (SSSR count). The van der Waals surface area contributed by atoms with Crippen molar-refractivity contribution in [3.63, 3.8) is 0 Å². The quantitative estimate of drug-likeness (QED) is 0.687. The summed E-state index contributed by atoms with van der Waals surface area (Å²) >= 11 is 1.48. The van der Waals surface area contributed by atoms with Gasteiger partial charge in [-0.2, -0.15) is 0 Å². The van der Waals surface area contributed by atoms with Crippen LogP contribution in [0.2, 0.25) is 0 Å². The van der Waals surface area contributed by atoms with E-state index >= 15 is 0 Å². The average molecular weight is 402 g/mol. The average Bonchev–Trinajstić information content (AvgIpc) is 3.11. The van der Waals surface area contributed by atoms with E-state index in [0.717, 1.165) is 65.9 Å². The molecule has 1 aromatic heterocycles. The molecule has 1 aliphatic rings. The molecular formula is C22H31N3O2S. The molecule has 0 radical (unpaired) electrons. The molecule has 5 nitrogen and oxygen atoms in total. The first-order valence-electron chi connectivity index (χ1n) is 10.3. The van der Waals surface area contributed by atoms with Gasteiger partial charge in [0.25, 0.3) is 5.91 Å². The number of aryl methyl sites for hydroxylation is 1. The Morgan fingerprint density at radius 2 is 1.89 bits per heavy atom. The lowest BCUT2D eigenvalue weighted by Crippen LogP contribution is -2.46. The third-order valence-corrected chi connectivity index (χ3v) is 6.67. The normalized spacial score (nSPS) is 15.2. The first kappa shape index (κ1) is 20.8. The number of hydrogen-bond donors (Lipinski definition) is 0. The molecule has 0 aliphatic carbocycles. The monoisotopic (exact) mass is 401 g/mol. The maximum atomic E-state index is 13.1. The van der Waals surface area contributed by atoms with Crippen LogP contribution in [0, 0.1) is 6.92 Å². The molecule has 1 amide bonds. The Balaban J connectivity index is 1.74. The highest BCUT2D eigenvalue weighted by atomic mass is 32.1. The second-order valence-corrected chi connectivity index (χ2v) is 8.11. The molecule has 6 heteroatoms. The summed E-state index contributed by atoms with van der Waals surface area (Å²) in [5, 5.41) is 0.850. The summed E-state index contributed by atoms with van der Waals surface area (Å²) in [7, 11) is 0. The van der Waals surface area contributed by atoms with E-state index < -0.39 is 0 Å². The van der Waals surface area contributed by atoms with Crippen molar-refractivity contribution in [2.45, 2.75) is 46.6 Å². The number of piperidine rings is 1. The molecule has 0 unspecified atom stereocenters. The molecular weight excluding hydrogens is 370 g/mol. The number of thiazole rings is 1. The van der Waals surface area contributed by atoms with Crippen molar-refractivity contribution in [3.8, 4) is 16.3 Å². The minimum absolute atomic E-state index is 0.119. The predicted octanol–water partition coefficient (Wildman–Crippen LogP) is 4.46. The van der Waals surface area contributed by atoms with Crippen LogP contribution < -0.4 is 4.74 Å². The van der Waals surface area contributed by atoms with Crippen LogP contribution in [0.15, 0.2) is 24.3 Å². The summed E-state index contributed by atoms with van der Waals surface area (Å²) in [4.78, 5) is 23.1. The minimum Gasteiger partial charge on any atom is -0.493 e. The number of ether oxygens (including phenoxy) is 1. The second-order valence-electron chi connectivity index (χ2n) is 7.11. The van der Waals surface area contributed by atoms with Crippen molar-refractivity contribution in [3.05, 3.63) is 34.8 Å². The van der Waals surface area contributed by atoms with Gasteiger partial charge in [0.05, 0.1) is 17.9 Å². The fourth-order valence-electron chi connectivity index (χ4n) is 3.95. The molecule has 28 heavy (non-hydrogen) atoms. The Bertz CT molecular complexity index is 793. The van der Waals surface area contributed by atoms with E-state index in [-0.39, 0.29) is 5.91 Å². The third-order valence-electron chi connectivity index (χ3n) is 5.49. The molecule has 0 bridgehead atoms. The number of amides is 1. The van der Waals surface area contributed by atoms with E-state index in [9.17, 15) is 4.79 Å². The van der Waals surface area contributed by atoms with Crippen LogP contribution >= 0.6 is 11.3 Å². The second kappa shape index (κ2) is 9.52. The Hall–Kier alpha value is -1.92. The number of aromatic nitrogens is 1. The van der Waals surface area contributed by atoms with E-state index in [4.69, 9.17) is 9.72 Å². The van der Waals surface area contributed by atoms with Gasteiger partial charge in [0.1, 0.15) is 15.6 Å². The van der Waals surface area contributed by atoms with Crippen molar-refractivity contribution >= 4 is 17.2 Å². The van der Waals surface area contributed by atoms with Gasteiger partial charge in [0.2, 0.25) is 0 Å². The van der Waals surface area contributed by atoms with Crippen molar-refractivity contribution in [2.75, 3.05) is 32.8 Å². The summed E-state index contributed by atoms with van der Waals surface area (Å²) in [6.07, 6.45) is 2.09. The van der Waals surface area contributed by atoms with Gasteiger partial charge in [-0.15, -0.1) is 11.3 Å². The van der Waals surface area contributed by atoms with Gasteiger partial charge in [0.15, 0.2) is 0 Å². The van der Waals surface area contributed by atoms with Crippen LogP contribution in [-0.2, 0) is 0 Å². The van der Waals surface area contributed by atoms with Crippen molar-refractivity contribution in [2.24, 2.45) is 0 Å². The molecule has 0 spiro atoms. The van der Waals surface area contributed by atoms with Crippen LogP contribution in [0.4, 0.5) is 0 Å². The van der Waals surface area contributed by atoms with Crippen molar-refractivity contribution in [1.29, 1.82) is 0 Å². The largest absolute Gasteiger partial charge is 0.493 e. The van der Waals surface area contributed by atoms with E-state index in [2.05, 4.69) is 18.7 Å². The lowest BCUT2D eigenvalue weighted by atomic mass is 10.0. The number of hydrogen-bond acceptors (Lipinski definition) is 5. The van der Waals surface area contributed by atoms with Crippen molar-refractivity contribution < 1.29 is 9.53 Å². The number of rotatable bonds is 7. The molecule has 0 atom stereocenters. The summed E-state index contributed by atoms with van der Waals surface area (Å²) in [5.74, 6) is 0.936. The molecule has 1 fully saturated rings. The Kier molecular flexibility index (Phi) is 7.08. The fraction of sp³-hybridized carbons (Fsp3) is 0.545. The molecule has 2 heterocycles. The number of para-hydroxylation sites is 1. The number of nitrogens with zero attached hydrogens (tertiary/aromatic N) is 3. The van der Waals surface area contributed by atoms with Gasteiger partial charge in [-0.1, -0.05) is 26.0 Å². The van der Waals surface area contributed by atoms with Crippen molar-refractivity contribution in [1.82, 2.24) is 14.8 Å². The van der Waals surface area contributed by atoms with Gasteiger partial charge in [-0.3, -0.25) is 4.79 Å². The molecule has 1 aliphatic heterocycles. The Morgan fingerprint density at radius 1 is 1.21 bits per heavy atom. The standard InChI is InChI=1S/C22H31N3O2S/c1-5-24(6-2)17-12-14-25(15-13-17)22(26)20-16(4)23-21(28-20)18-10-8-9-11-19(18)27-7-3/h8-11,17H,5-7,12-15H2,1-4H3. The zero-order valence-corrected chi connectivity index (χ0v) is 18.2. The molecule has 0 saturated carbocycles. The summed E-state index contributed by atoms with van der Waals surface area (Å²) < 4.78 is 5.74. The molecule has 0 N–H and O–H groups in total. The lowest BCUT2D eigenvalue weighted by molar-refractivity contribution is 0.0635.